The average molecular weight is 158 g/mol. The minimum Gasteiger partial charge on any atom is -0.463 e. The molecule has 1 aromatic rings. The first kappa shape index (κ1) is 7.98. The van der Waals surface area contributed by atoms with E-state index in [2.05, 4.69) is 4.74 Å². The molecule has 0 aliphatic heterocycles. The molecule has 60 valence electrons. The smallest absolute Gasteiger partial charge is 0.228 e. The van der Waals surface area contributed by atoms with Crippen LogP contribution in [0.15, 0.2) is 24.3 Å². The highest BCUT2D eigenvalue weighted by Crippen LogP contribution is 2.13. The van der Waals surface area contributed by atoms with Crippen LogP contribution in [0.4, 0.5) is 8.78 Å². The molecule has 0 saturated heterocycles. The summed E-state index contributed by atoms with van der Waals surface area (Å²) in [5.41, 5.74) is 0.496. The molecule has 3 heteroatoms. The van der Waals surface area contributed by atoms with Gasteiger partial charge in [-0.25, -0.2) is 8.78 Å². The SMILES string of the molecule is FCOc1cccc(CF)c1. The van der Waals surface area contributed by atoms with E-state index in [4.69, 9.17) is 0 Å². The third-order valence-electron chi connectivity index (χ3n) is 1.27. The maximum Gasteiger partial charge on any atom is 0.228 e. The third kappa shape index (κ3) is 2.18. The molecule has 11 heavy (non-hydrogen) atoms. The van der Waals surface area contributed by atoms with Gasteiger partial charge in [0.2, 0.25) is 6.86 Å². The molecule has 0 bridgehead atoms. The van der Waals surface area contributed by atoms with Crippen molar-refractivity contribution >= 4 is 0 Å². The van der Waals surface area contributed by atoms with E-state index < -0.39 is 13.5 Å². The quantitative estimate of drug-likeness (QED) is 0.656. The fraction of sp³-hybridized carbons (Fsp3) is 0.250. The van der Waals surface area contributed by atoms with Gasteiger partial charge in [0.1, 0.15) is 12.4 Å². The Labute approximate surface area is 63.6 Å². The third-order valence-corrected chi connectivity index (χ3v) is 1.27. The normalized spacial score (nSPS) is 9.64. The minimum absolute atomic E-state index is 0.364. The van der Waals surface area contributed by atoms with Gasteiger partial charge in [0, 0.05) is 0 Å². The fourth-order valence-electron chi connectivity index (χ4n) is 0.781. The van der Waals surface area contributed by atoms with Gasteiger partial charge in [-0.15, -0.1) is 0 Å². The maximum atomic E-state index is 12.0. The standard InChI is InChI=1S/C8H8F2O/c9-5-7-2-1-3-8(4-7)11-6-10/h1-4H,5-6H2. The zero-order chi connectivity index (χ0) is 8.10. The van der Waals surface area contributed by atoms with Crippen LogP contribution in [0.3, 0.4) is 0 Å². The van der Waals surface area contributed by atoms with Crippen molar-refractivity contribution in [3.63, 3.8) is 0 Å². The molecule has 0 fully saturated rings. The summed E-state index contributed by atoms with van der Waals surface area (Å²) in [5.74, 6) is 0.364. The summed E-state index contributed by atoms with van der Waals surface area (Å²) in [6, 6.07) is 6.29. The van der Waals surface area contributed by atoms with Gasteiger partial charge in [-0.2, -0.15) is 0 Å². The van der Waals surface area contributed by atoms with Gasteiger partial charge >= 0.3 is 0 Å². The molecule has 1 nitrogen and oxygen atoms in total. The molecule has 1 rings (SSSR count). The Hall–Kier alpha value is -1.12. The summed E-state index contributed by atoms with van der Waals surface area (Å²) < 4.78 is 28.1. The van der Waals surface area contributed by atoms with Crippen LogP contribution in [0.5, 0.6) is 5.75 Å². The Morgan fingerprint density at radius 2 is 2.09 bits per heavy atom. The molecule has 0 heterocycles. The van der Waals surface area contributed by atoms with Crippen molar-refractivity contribution in [1.82, 2.24) is 0 Å². The van der Waals surface area contributed by atoms with E-state index in [1.165, 1.54) is 6.07 Å². The Morgan fingerprint density at radius 1 is 1.27 bits per heavy atom. The van der Waals surface area contributed by atoms with Crippen LogP contribution >= 0.6 is 0 Å². The molecule has 0 N–H and O–H groups in total. The lowest BCUT2D eigenvalue weighted by Crippen LogP contribution is -1.90. The molecule has 1 aromatic carbocycles. The highest BCUT2D eigenvalue weighted by atomic mass is 19.1. The molecule has 0 atom stereocenters. The molecule has 0 saturated carbocycles. The van der Waals surface area contributed by atoms with Gasteiger partial charge in [-0.1, -0.05) is 12.1 Å². The lowest BCUT2D eigenvalue weighted by Gasteiger charge is -2.00. The average Bonchev–Trinajstić information content (AvgIpc) is 2.06. The lowest BCUT2D eigenvalue weighted by molar-refractivity contribution is 0.191. The van der Waals surface area contributed by atoms with E-state index in [9.17, 15) is 8.78 Å². The largest absolute Gasteiger partial charge is 0.463 e. The molecule has 0 aromatic heterocycles. The second-order valence-electron chi connectivity index (χ2n) is 2.03. The highest BCUT2D eigenvalue weighted by Gasteiger charge is 1.94. The molecule has 0 unspecified atom stereocenters. The first-order valence-corrected chi connectivity index (χ1v) is 3.20. The monoisotopic (exact) mass is 158 g/mol. The highest BCUT2D eigenvalue weighted by molar-refractivity contribution is 5.27. The van der Waals surface area contributed by atoms with Crippen LogP contribution in [0.1, 0.15) is 5.56 Å². The van der Waals surface area contributed by atoms with Crippen molar-refractivity contribution in [2.24, 2.45) is 0 Å². The zero-order valence-corrected chi connectivity index (χ0v) is 5.89. The van der Waals surface area contributed by atoms with Gasteiger partial charge in [0.15, 0.2) is 0 Å². The predicted octanol–water partition coefficient (Wildman–Crippen LogP) is 2.46. The van der Waals surface area contributed by atoms with Crippen molar-refractivity contribution in [3.05, 3.63) is 29.8 Å². The van der Waals surface area contributed by atoms with Crippen molar-refractivity contribution in [2.45, 2.75) is 6.67 Å². The van der Waals surface area contributed by atoms with Crippen LogP contribution in [-0.2, 0) is 6.67 Å². The number of ether oxygens (including phenoxy) is 1. The Bertz CT molecular complexity index is 225. The van der Waals surface area contributed by atoms with Crippen molar-refractivity contribution in [3.8, 4) is 5.75 Å². The Balaban J connectivity index is 2.74. The summed E-state index contributed by atoms with van der Waals surface area (Å²) in [6.45, 7) is -1.43. The van der Waals surface area contributed by atoms with E-state index in [0.29, 0.717) is 11.3 Å². The molecule has 0 amide bonds. The summed E-state index contributed by atoms with van der Waals surface area (Å²) in [5, 5.41) is 0. The summed E-state index contributed by atoms with van der Waals surface area (Å²) in [7, 11) is 0. The van der Waals surface area contributed by atoms with Crippen LogP contribution in [0, 0.1) is 0 Å². The van der Waals surface area contributed by atoms with Crippen LogP contribution in [-0.4, -0.2) is 6.86 Å². The predicted molar refractivity (Wildman–Crippen MR) is 37.9 cm³/mol. The molecule has 0 aliphatic carbocycles. The number of rotatable bonds is 3. The number of hydrogen-bond acceptors (Lipinski definition) is 1. The van der Waals surface area contributed by atoms with E-state index in [-0.39, 0.29) is 0 Å². The molecular formula is C8H8F2O. The Morgan fingerprint density at radius 3 is 2.73 bits per heavy atom. The maximum absolute atomic E-state index is 12.0. The summed E-state index contributed by atoms with van der Waals surface area (Å²) >= 11 is 0. The van der Waals surface area contributed by atoms with Crippen molar-refractivity contribution in [1.29, 1.82) is 0 Å². The minimum atomic E-state index is -0.879. The van der Waals surface area contributed by atoms with Crippen molar-refractivity contribution < 1.29 is 13.5 Å². The van der Waals surface area contributed by atoms with Gasteiger partial charge in [-0.05, 0) is 17.7 Å². The van der Waals surface area contributed by atoms with Gasteiger partial charge < -0.3 is 4.74 Å². The van der Waals surface area contributed by atoms with E-state index in [0.717, 1.165) is 0 Å². The first-order valence-electron chi connectivity index (χ1n) is 3.20. The fourth-order valence-corrected chi connectivity index (χ4v) is 0.781. The van der Waals surface area contributed by atoms with Gasteiger partial charge in [-0.3, -0.25) is 0 Å². The van der Waals surface area contributed by atoms with E-state index in [1.807, 2.05) is 0 Å². The van der Waals surface area contributed by atoms with Crippen LogP contribution < -0.4 is 4.74 Å². The molecule has 0 spiro atoms. The number of alkyl halides is 2. The molecule has 0 radical (unpaired) electrons. The van der Waals surface area contributed by atoms with Crippen molar-refractivity contribution in [2.75, 3.05) is 6.86 Å². The molecular weight excluding hydrogens is 150 g/mol. The second-order valence-corrected chi connectivity index (χ2v) is 2.03. The topological polar surface area (TPSA) is 9.23 Å². The van der Waals surface area contributed by atoms with Crippen LogP contribution in [0.2, 0.25) is 0 Å². The van der Waals surface area contributed by atoms with Gasteiger partial charge in [0.05, 0.1) is 0 Å². The Kier molecular flexibility index (Phi) is 2.83. The van der Waals surface area contributed by atoms with Gasteiger partial charge in [0.25, 0.3) is 0 Å². The van der Waals surface area contributed by atoms with E-state index in [1.54, 1.807) is 18.2 Å². The second kappa shape index (κ2) is 3.91. The molecule has 0 aliphatic rings. The summed E-state index contributed by atoms with van der Waals surface area (Å²) in [4.78, 5) is 0. The number of hydrogen-bond donors (Lipinski definition) is 0. The van der Waals surface area contributed by atoms with Crippen LogP contribution in [0.25, 0.3) is 0 Å². The summed E-state index contributed by atoms with van der Waals surface area (Å²) in [6.07, 6.45) is 0. The van der Waals surface area contributed by atoms with E-state index >= 15 is 0 Å². The lowest BCUT2D eigenvalue weighted by atomic mass is 10.2. The number of halogens is 2. The zero-order valence-electron chi connectivity index (χ0n) is 5.89. The number of benzene rings is 1. The first-order chi connectivity index (χ1) is 5.36.